The lowest BCUT2D eigenvalue weighted by molar-refractivity contribution is 0.398. The molecule has 1 rings (SSSR count). The van der Waals surface area contributed by atoms with E-state index in [0.717, 1.165) is 16.5 Å². The number of benzene rings is 1. The van der Waals surface area contributed by atoms with Crippen LogP contribution in [-0.4, -0.2) is 7.05 Å². The van der Waals surface area contributed by atoms with Gasteiger partial charge >= 0.3 is 0 Å². The molecular weight excluding hydrogens is 257 g/mol. The predicted molar refractivity (Wildman–Crippen MR) is 65.4 cm³/mol. The fourth-order valence-electron chi connectivity index (χ4n) is 1.74. The molecule has 0 radical (unpaired) electrons. The first-order valence-electron chi connectivity index (χ1n) is 5.22. The Balaban J connectivity index is 3.05. The average molecular weight is 274 g/mol. The summed E-state index contributed by atoms with van der Waals surface area (Å²) in [5.74, 6) is 0.296. The number of nitrogens with one attached hydrogen (secondary N) is 1. The zero-order chi connectivity index (χ0) is 11.4. The van der Waals surface area contributed by atoms with Crippen molar-refractivity contribution in [1.29, 1.82) is 0 Å². The highest BCUT2D eigenvalue weighted by molar-refractivity contribution is 9.10. The summed E-state index contributed by atoms with van der Waals surface area (Å²) in [6.45, 7) is 4.31. The number of halogens is 2. The van der Waals surface area contributed by atoms with Gasteiger partial charge in [-0.1, -0.05) is 36.2 Å². The lowest BCUT2D eigenvalue weighted by Gasteiger charge is -2.24. The average Bonchev–Trinajstić information content (AvgIpc) is 2.23. The maximum atomic E-state index is 13.2. The molecule has 1 nitrogen and oxygen atoms in total. The molecular formula is C12H17BrFN. The highest BCUT2D eigenvalue weighted by Crippen LogP contribution is 2.30. The number of hydrogen-bond donors (Lipinski definition) is 1. The van der Waals surface area contributed by atoms with Gasteiger partial charge in [0.15, 0.2) is 0 Å². The van der Waals surface area contributed by atoms with Crippen LogP contribution in [0.3, 0.4) is 0 Å². The van der Waals surface area contributed by atoms with Crippen LogP contribution < -0.4 is 5.32 Å². The molecule has 0 saturated carbocycles. The second-order valence-corrected chi connectivity index (χ2v) is 4.67. The second kappa shape index (κ2) is 5.61. The van der Waals surface area contributed by atoms with Crippen LogP contribution in [0.1, 0.15) is 31.9 Å². The van der Waals surface area contributed by atoms with E-state index in [-0.39, 0.29) is 11.9 Å². The molecule has 1 aromatic carbocycles. The van der Waals surface area contributed by atoms with Gasteiger partial charge in [-0.2, -0.15) is 0 Å². The van der Waals surface area contributed by atoms with E-state index in [9.17, 15) is 4.39 Å². The van der Waals surface area contributed by atoms with Gasteiger partial charge in [0.05, 0.1) is 0 Å². The van der Waals surface area contributed by atoms with E-state index in [1.807, 2.05) is 7.05 Å². The van der Waals surface area contributed by atoms with Crippen molar-refractivity contribution < 1.29 is 4.39 Å². The SMILES string of the molecule is CCC(C)C(NC)c1cc(F)ccc1Br. The normalized spacial score (nSPS) is 15.0. The van der Waals surface area contributed by atoms with Crippen LogP contribution in [0, 0.1) is 11.7 Å². The summed E-state index contributed by atoms with van der Waals surface area (Å²) in [7, 11) is 1.91. The minimum atomic E-state index is -0.184. The molecule has 1 aromatic rings. The standard InChI is InChI=1S/C12H17BrFN/c1-4-8(2)12(15-3)10-7-9(14)5-6-11(10)13/h5-8,12,15H,4H2,1-3H3. The minimum absolute atomic E-state index is 0.184. The summed E-state index contributed by atoms with van der Waals surface area (Å²) >= 11 is 3.46. The van der Waals surface area contributed by atoms with E-state index in [1.165, 1.54) is 6.07 Å². The number of rotatable bonds is 4. The largest absolute Gasteiger partial charge is 0.313 e. The van der Waals surface area contributed by atoms with Gasteiger partial charge in [0, 0.05) is 10.5 Å². The predicted octanol–water partition coefficient (Wildman–Crippen LogP) is 3.89. The molecule has 3 heteroatoms. The Bertz CT molecular complexity index is 327. The van der Waals surface area contributed by atoms with Gasteiger partial charge in [-0.15, -0.1) is 0 Å². The number of hydrogen-bond acceptors (Lipinski definition) is 1. The second-order valence-electron chi connectivity index (χ2n) is 3.82. The molecule has 0 heterocycles. The summed E-state index contributed by atoms with van der Waals surface area (Å²) in [5, 5.41) is 3.24. The highest BCUT2D eigenvalue weighted by atomic mass is 79.9. The van der Waals surface area contributed by atoms with Crippen LogP contribution in [-0.2, 0) is 0 Å². The van der Waals surface area contributed by atoms with E-state index in [4.69, 9.17) is 0 Å². The van der Waals surface area contributed by atoms with Crippen LogP contribution >= 0.6 is 15.9 Å². The third kappa shape index (κ3) is 3.02. The van der Waals surface area contributed by atoms with Crippen molar-refractivity contribution in [3.8, 4) is 0 Å². The molecule has 84 valence electrons. The minimum Gasteiger partial charge on any atom is -0.313 e. The fourth-order valence-corrected chi connectivity index (χ4v) is 2.23. The van der Waals surface area contributed by atoms with E-state index in [0.29, 0.717) is 5.92 Å². The summed E-state index contributed by atoms with van der Waals surface area (Å²) < 4.78 is 14.1. The van der Waals surface area contributed by atoms with Gasteiger partial charge in [-0.05, 0) is 36.7 Å². The summed E-state index contributed by atoms with van der Waals surface area (Å²) in [6.07, 6.45) is 1.06. The summed E-state index contributed by atoms with van der Waals surface area (Å²) in [5.41, 5.74) is 0.992. The van der Waals surface area contributed by atoms with Crippen molar-refractivity contribution in [3.63, 3.8) is 0 Å². The topological polar surface area (TPSA) is 12.0 Å². The maximum Gasteiger partial charge on any atom is 0.123 e. The maximum absolute atomic E-state index is 13.2. The summed E-state index contributed by atoms with van der Waals surface area (Å²) in [4.78, 5) is 0. The molecule has 0 spiro atoms. The van der Waals surface area contributed by atoms with E-state index >= 15 is 0 Å². The van der Waals surface area contributed by atoms with Gasteiger partial charge in [0.2, 0.25) is 0 Å². The van der Waals surface area contributed by atoms with Crippen LogP contribution in [0.2, 0.25) is 0 Å². The smallest absolute Gasteiger partial charge is 0.123 e. The van der Waals surface area contributed by atoms with E-state index in [2.05, 4.69) is 35.1 Å². The van der Waals surface area contributed by atoms with Crippen molar-refractivity contribution >= 4 is 15.9 Å². The fraction of sp³-hybridized carbons (Fsp3) is 0.500. The molecule has 2 unspecified atom stereocenters. The Kier molecular flexibility index (Phi) is 4.74. The zero-order valence-electron chi connectivity index (χ0n) is 9.35. The first kappa shape index (κ1) is 12.7. The molecule has 0 amide bonds. The molecule has 15 heavy (non-hydrogen) atoms. The Labute approximate surface area is 99.2 Å². The van der Waals surface area contributed by atoms with Crippen molar-refractivity contribution in [3.05, 3.63) is 34.1 Å². The first-order chi connectivity index (χ1) is 7.10. The Morgan fingerprint density at radius 1 is 1.47 bits per heavy atom. The van der Waals surface area contributed by atoms with Crippen LogP contribution in [0.15, 0.2) is 22.7 Å². The molecule has 0 saturated heterocycles. The van der Waals surface area contributed by atoms with Gasteiger partial charge in [-0.3, -0.25) is 0 Å². The van der Waals surface area contributed by atoms with E-state index in [1.54, 1.807) is 12.1 Å². The third-order valence-corrected chi connectivity index (χ3v) is 3.54. The molecule has 1 N–H and O–H groups in total. The first-order valence-corrected chi connectivity index (χ1v) is 6.01. The lowest BCUT2D eigenvalue weighted by Crippen LogP contribution is -2.23. The zero-order valence-corrected chi connectivity index (χ0v) is 10.9. The van der Waals surface area contributed by atoms with Crippen molar-refractivity contribution in [1.82, 2.24) is 5.32 Å². The third-order valence-electron chi connectivity index (χ3n) is 2.82. The molecule has 2 atom stereocenters. The highest BCUT2D eigenvalue weighted by Gasteiger charge is 2.18. The molecule has 0 bridgehead atoms. The van der Waals surface area contributed by atoms with Gasteiger partial charge < -0.3 is 5.32 Å². The molecule has 0 aliphatic carbocycles. The van der Waals surface area contributed by atoms with Gasteiger partial charge in [0.25, 0.3) is 0 Å². The lowest BCUT2D eigenvalue weighted by atomic mass is 9.92. The van der Waals surface area contributed by atoms with Crippen molar-refractivity contribution in [2.45, 2.75) is 26.3 Å². The van der Waals surface area contributed by atoms with Gasteiger partial charge in [-0.25, -0.2) is 4.39 Å². The summed E-state index contributed by atoms with van der Waals surface area (Å²) in [6, 6.07) is 5.02. The molecule has 0 aromatic heterocycles. The Morgan fingerprint density at radius 2 is 2.13 bits per heavy atom. The monoisotopic (exact) mass is 273 g/mol. The van der Waals surface area contributed by atoms with Crippen molar-refractivity contribution in [2.75, 3.05) is 7.05 Å². The molecule has 0 aliphatic heterocycles. The quantitative estimate of drug-likeness (QED) is 0.878. The molecule has 0 aliphatic rings. The van der Waals surface area contributed by atoms with Crippen LogP contribution in [0.25, 0.3) is 0 Å². The molecule has 0 fully saturated rings. The Morgan fingerprint density at radius 3 is 2.67 bits per heavy atom. The van der Waals surface area contributed by atoms with Crippen molar-refractivity contribution in [2.24, 2.45) is 5.92 Å². The van der Waals surface area contributed by atoms with Crippen LogP contribution in [0.4, 0.5) is 4.39 Å². The van der Waals surface area contributed by atoms with Gasteiger partial charge in [0.1, 0.15) is 5.82 Å². The van der Waals surface area contributed by atoms with Crippen LogP contribution in [0.5, 0.6) is 0 Å². The Hall–Kier alpha value is -0.410. The van der Waals surface area contributed by atoms with E-state index < -0.39 is 0 Å².